The van der Waals surface area contributed by atoms with Gasteiger partial charge in [-0.2, -0.15) is 0 Å². The lowest BCUT2D eigenvalue weighted by Gasteiger charge is -2.11. The number of sulfone groups is 1. The van der Waals surface area contributed by atoms with Gasteiger partial charge in [-0.05, 0) is 43.3 Å². The molecule has 1 aromatic heterocycles. The quantitative estimate of drug-likeness (QED) is 0.795. The normalized spacial score (nSPS) is 12.4. The van der Waals surface area contributed by atoms with Crippen LogP contribution in [0.2, 0.25) is 0 Å². The van der Waals surface area contributed by atoms with Gasteiger partial charge >= 0.3 is 5.97 Å². The molecule has 0 aliphatic rings. The van der Waals surface area contributed by atoms with E-state index in [9.17, 15) is 18.0 Å². The van der Waals surface area contributed by atoms with Crippen molar-refractivity contribution in [3.8, 4) is 0 Å². The minimum absolute atomic E-state index is 0.101. The molecule has 128 valence electrons. The molecule has 7 nitrogen and oxygen atoms in total. The number of esters is 1. The molecule has 24 heavy (non-hydrogen) atoms. The number of hydrogen-bond acceptors (Lipinski definition) is 6. The van der Waals surface area contributed by atoms with Crippen molar-refractivity contribution in [3.63, 3.8) is 0 Å². The minimum Gasteiger partial charge on any atom is -0.467 e. The van der Waals surface area contributed by atoms with Crippen molar-refractivity contribution in [3.05, 3.63) is 54.0 Å². The van der Waals surface area contributed by atoms with Gasteiger partial charge in [0.25, 0.3) is 5.91 Å². The Hall–Kier alpha value is -2.61. The zero-order chi connectivity index (χ0) is 17.7. The molecule has 0 aliphatic carbocycles. The summed E-state index contributed by atoms with van der Waals surface area (Å²) in [5.74, 6) is -0.595. The number of amides is 1. The fraction of sp³-hybridized carbons (Fsp3) is 0.250. The number of ether oxygens (including phenoxy) is 1. The van der Waals surface area contributed by atoms with E-state index < -0.39 is 28.3 Å². The van der Waals surface area contributed by atoms with Crippen LogP contribution in [-0.2, 0) is 19.4 Å². The van der Waals surface area contributed by atoms with Gasteiger partial charge in [-0.3, -0.25) is 4.79 Å². The molecule has 8 heteroatoms. The Kier molecular flexibility index (Phi) is 5.40. The summed E-state index contributed by atoms with van der Waals surface area (Å²) in [6.45, 7) is 1.29. The van der Waals surface area contributed by atoms with Crippen LogP contribution in [0.4, 0.5) is 0 Å². The highest BCUT2D eigenvalue weighted by atomic mass is 32.2. The van der Waals surface area contributed by atoms with Crippen molar-refractivity contribution >= 4 is 21.7 Å². The minimum atomic E-state index is -3.33. The van der Waals surface area contributed by atoms with E-state index >= 15 is 0 Å². The maximum atomic E-state index is 11.9. The average Bonchev–Trinajstić information content (AvgIpc) is 3.06. The van der Waals surface area contributed by atoms with Crippen LogP contribution in [0, 0.1) is 0 Å². The average molecular weight is 351 g/mol. The molecule has 0 bridgehead atoms. The third-order valence-electron chi connectivity index (χ3n) is 3.20. The number of carbonyl (C=O) groups excluding carboxylic acids is 2. The summed E-state index contributed by atoms with van der Waals surface area (Å²) in [4.78, 5) is 23.7. The van der Waals surface area contributed by atoms with E-state index in [1.54, 1.807) is 19.1 Å². The lowest BCUT2D eigenvalue weighted by Crippen LogP contribution is -2.30. The van der Waals surface area contributed by atoms with Crippen molar-refractivity contribution < 1.29 is 27.2 Å². The Morgan fingerprint density at radius 1 is 1.21 bits per heavy atom. The van der Waals surface area contributed by atoms with Crippen LogP contribution in [0.1, 0.15) is 29.1 Å². The monoisotopic (exact) mass is 351 g/mol. The molecule has 0 saturated carbocycles. The highest BCUT2D eigenvalue weighted by molar-refractivity contribution is 7.90. The maximum absolute atomic E-state index is 11.9. The van der Waals surface area contributed by atoms with Gasteiger partial charge in [-0.15, -0.1) is 0 Å². The van der Waals surface area contributed by atoms with E-state index in [2.05, 4.69) is 5.32 Å². The number of nitrogens with one attached hydrogen (secondary N) is 1. The first-order valence-corrected chi connectivity index (χ1v) is 8.96. The van der Waals surface area contributed by atoms with E-state index in [0.29, 0.717) is 5.76 Å². The summed E-state index contributed by atoms with van der Waals surface area (Å²) in [6, 6.07) is 8.37. The van der Waals surface area contributed by atoms with Gasteiger partial charge in [0.05, 0.1) is 22.8 Å². The molecule has 1 atom stereocenters. The first-order valence-electron chi connectivity index (χ1n) is 7.07. The molecule has 1 aromatic carbocycles. The molecule has 2 aromatic rings. The summed E-state index contributed by atoms with van der Waals surface area (Å²) in [7, 11) is -3.33. The van der Waals surface area contributed by atoms with Crippen molar-refractivity contribution in [1.82, 2.24) is 5.32 Å². The molecule has 1 heterocycles. The zero-order valence-electron chi connectivity index (χ0n) is 13.2. The summed E-state index contributed by atoms with van der Waals surface area (Å²) < 4.78 is 32.8. The number of hydrogen-bond donors (Lipinski definition) is 1. The van der Waals surface area contributed by atoms with Gasteiger partial charge in [-0.25, -0.2) is 13.2 Å². The van der Waals surface area contributed by atoms with Gasteiger partial charge in [0.1, 0.15) is 5.76 Å². The molecule has 0 unspecified atom stereocenters. The number of rotatable bonds is 6. The van der Waals surface area contributed by atoms with Crippen LogP contribution in [0.25, 0.3) is 0 Å². The predicted molar refractivity (Wildman–Crippen MR) is 85.1 cm³/mol. The molecule has 0 radical (unpaired) electrons. The van der Waals surface area contributed by atoms with E-state index in [4.69, 9.17) is 9.15 Å². The molecule has 1 N–H and O–H groups in total. The first kappa shape index (κ1) is 17.7. The second-order valence-corrected chi connectivity index (χ2v) is 7.19. The van der Waals surface area contributed by atoms with Gasteiger partial charge in [0, 0.05) is 6.26 Å². The molecule has 1 amide bonds. The fourth-order valence-corrected chi connectivity index (χ4v) is 2.58. The molecule has 0 spiro atoms. The van der Waals surface area contributed by atoms with E-state index in [1.165, 1.54) is 30.5 Å². The maximum Gasteiger partial charge on any atom is 0.338 e. The lowest BCUT2D eigenvalue weighted by atomic mass is 10.2. The Morgan fingerprint density at radius 3 is 2.42 bits per heavy atom. The zero-order valence-corrected chi connectivity index (χ0v) is 14.0. The van der Waals surface area contributed by atoms with Crippen molar-refractivity contribution in [1.29, 1.82) is 0 Å². The van der Waals surface area contributed by atoms with Crippen LogP contribution in [0.5, 0.6) is 0 Å². The number of furan rings is 1. The van der Waals surface area contributed by atoms with Gasteiger partial charge in [0.15, 0.2) is 16.4 Å². The van der Waals surface area contributed by atoms with Crippen LogP contribution >= 0.6 is 0 Å². The van der Waals surface area contributed by atoms with Gasteiger partial charge in [0.2, 0.25) is 0 Å². The van der Waals surface area contributed by atoms with Gasteiger partial charge < -0.3 is 14.5 Å². The fourth-order valence-electron chi connectivity index (χ4n) is 1.94. The van der Waals surface area contributed by atoms with Crippen molar-refractivity contribution in [2.45, 2.75) is 17.9 Å². The number of carbonyl (C=O) groups is 2. The van der Waals surface area contributed by atoms with Gasteiger partial charge in [-0.1, -0.05) is 0 Å². The summed E-state index contributed by atoms with van der Waals surface area (Å²) in [5.41, 5.74) is 0.161. The van der Waals surface area contributed by atoms with E-state index in [-0.39, 0.29) is 16.5 Å². The topological polar surface area (TPSA) is 103 Å². The van der Waals surface area contributed by atoms with Crippen LogP contribution < -0.4 is 5.32 Å². The second kappa shape index (κ2) is 7.31. The molecule has 0 saturated heterocycles. The van der Waals surface area contributed by atoms with Crippen LogP contribution in [0.3, 0.4) is 0 Å². The van der Waals surface area contributed by atoms with Crippen LogP contribution in [-0.4, -0.2) is 33.2 Å². The highest BCUT2D eigenvalue weighted by Gasteiger charge is 2.15. The third-order valence-corrected chi connectivity index (χ3v) is 4.33. The Balaban J connectivity index is 1.87. The molecule has 0 fully saturated rings. The largest absolute Gasteiger partial charge is 0.467 e. The SMILES string of the molecule is C[C@H](NC(=O)COC(=O)c1ccc(S(C)(=O)=O)cc1)c1ccco1. The van der Waals surface area contributed by atoms with Crippen molar-refractivity contribution in [2.75, 3.05) is 12.9 Å². The third kappa shape index (κ3) is 4.69. The molecule has 2 rings (SSSR count). The number of benzene rings is 1. The summed E-state index contributed by atoms with van der Waals surface area (Å²) in [6.07, 6.45) is 2.57. The first-order chi connectivity index (χ1) is 11.3. The molecular formula is C16H17NO6S. The standard InChI is InChI=1S/C16H17NO6S/c1-11(14-4-3-9-22-14)17-15(18)10-23-16(19)12-5-7-13(8-6-12)24(2,20)21/h3-9,11H,10H2,1-2H3,(H,17,18)/t11-/m0/s1. The highest BCUT2D eigenvalue weighted by Crippen LogP contribution is 2.13. The van der Waals surface area contributed by atoms with E-state index in [0.717, 1.165) is 6.26 Å². The second-order valence-electron chi connectivity index (χ2n) is 5.18. The summed E-state index contributed by atoms with van der Waals surface area (Å²) >= 11 is 0. The van der Waals surface area contributed by atoms with E-state index in [1.807, 2.05) is 0 Å². The lowest BCUT2D eigenvalue weighted by molar-refractivity contribution is -0.125. The Bertz CT molecular complexity index is 809. The summed E-state index contributed by atoms with van der Waals surface area (Å²) in [5, 5.41) is 2.63. The molecule has 0 aliphatic heterocycles. The Morgan fingerprint density at radius 2 is 1.88 bits per heavy atom. The smallest absolute Gasteiger partial charge is 0.338 e. The van der Waals surface area contributed by atoms with Crippen LogP contribution in [0.15, 0.2) is 52.0 Å². The Labute approximate surface area is 139 Å². The predicted octanol–water partition coefficient (Wildman–Crippen LogP) is 1.72. The molecular weight excluding hydrogens is 334 g/mol. The van der Waals surface area contributed by atoms with Crippen molar-refractivity contribution in [2.24, 2.45) is 0 Å².